The van der Waals surface area contributed by atoms with Gasteiger partial charge in [0.1, 0.15) is 0 Å². The van der Waals surface area contributed by atoms with Crippen molar-refractivity contribution in [1.82, 2.24) is 4.98 Å². The quantitative estimate of drug-likeness (QED) is 0.119. The molecule has 0 atom stereocenters. The zero-order chi connectivity index (χ0) is 26.2. The summed E-state index contributed by atoms with van der Waals surface area (Å²) in [5.41, 5.74) is 0. The number of hydrogen-bond donors (Lipinski definition) is 0. The summed E-state index contributed by atoms with van der Waals surface area (Å²) in [4.78, 5) is 7.90. The number of pyridine rings is 1. The van der Waals surface area contributed by atoms with Gasteiger partial charge in [-0.25, -0.2) is 0 Å². The van der Waals surface area contributed by atoms with Crippen molar-refractivity contribution < 1.29 is 0 Å². The molecule has 35 heavy (non-hydrogen) atoms. The molecule has 204 valence electrons. The maximum atomic E-state index is 5.57. The van der Waals surface area contributed by atoms with E-state index in [0.717, 1.165) is 0 Å². The number of nitrogens with zero attached hydrogens (tertiary/aromatic N) is 2. The molecule has 0 aliphatic heterocycles. The fourth-order valence-electron chi connectivity index (χ4n) is 5.98. The Morgan fingerprint density at radius 2 is 0.886 bits per heavy atom. The molecule has 0 aromatic carbocycles. The van der Waals surface area contributed by atoms with E-state index in [2.05, 4.69) is 72.7 Å². The van der Waals surface area contributed by atoms with Crippen LogP contribution in [0.5, 0.6) is 0 Å². The molecule has 0 saturated carbocycles. The van der Waals surface area contributed by atoms with Gasteiger partial charge in [-0.15, -0.1) is 0 Å². The third-order valence-corrected chi connectivity index (χ3v) is 39.1. The number of unbranched alkanes of at least 4 members (excludes halogenated alkanes) is 6. The Bertz CT molecular complexity index is 580. The predicted molar refractivity (Wildman–Crippen MR) is 168 cm³/mol. The summed E-state index contributed by atoms with van der Waals surface area (Å²) in [5, 5.41) is 0. The van der Waals surface area contributed by atoms with Crippen LogP contribution in [0, 0.1) is 0 Å². The van der Waals surface area contributed by atoms with E-state index in [0.29, 0.717) is 0 Å². The maximum absolute atomic E-state index is 5.57. The summed E-state index contributed by atoms with van der Waals surface area (Å²) in [5.74, 6) is 1.29. The Hall–Kier alpha value is 0.547. The van der Waals surface area contributed by atoms with Crippen molar-refractivity contribution in [3.63, 3.8) is 0 Å². The number of aromatic nitrogens is 1. The average Bonchev–Trinajstić information content (AvgIpc) is 2.88. The molecule has 1 aromatic heterocycles. The fourth-order valence-corrected chi connectivity index (χ4v) is 38.6. The standard InChI is InChI=1S/C7H8N2.6C4H9.2Sn/c1-9(2)7-5-3-4-6-8-7;6*1-3-4-2;;/h4-5H,1-2H3;6*1,3-4H2,2H3;;. The van der Waals surface area contributed by atoms with Gasteiger partial charge in [0, 0.05) is 0 Å². The minimum atomic E-state index is -2.58. The fraction of sp³-hybridized carbons (Fsp3) is 0.839. The van der Waals surface area contributed by atoms with Gasteiger partial charge >= 0.3 is 231 Å². The van der Waals surface area contributed by atoms with Crippen LogP contribution in [0.4, 0.5) is 5.82 Å². The average molecular weight is 700 g/mol. The second-order valence-corrected chi connectivity index (χ2v) is 38.0. The summed E-state index contributed by atoms with van der Waals surface area (Å²) in [7, 11) is 4.47. The molecule has 0 aliphatic carbocycles. The second kappa shape index (κ2) is 18.7. The zero-order valence-electron chi connectivity index (χ0n) is 25.3. The van der Waals surface area contributed by atoms with E-state index < -0.39 is 36.8 Å². The molecule has 1 heterocycles. The molecule has 0 saturated heterocycles. The number of rotatable bonds is 21. The molecular weight excluding hydrogens is 638 g/mol. The van der Waals surface area contributed by atoms with Crippen molar-refractivity contribution in [3.8, 4) is 0 Å². The van der Waals surface area contributed by atoms with Crippen LogP contribution in [0.25, 0.3) is 0 Å². The van der Waals surface area contributed by atoms with E-state index in [4.69, 9.17) is 4.98 Å². The zero-order valence-corrected chi connectivity index (χ0v) is 31.0. The molecule has 4 heteroatoms. The summed E-state index contributed by atoms with van der Waals surface area (Å²) in [6, 6.07) is 5.43. The topological polar surface area (TPSA) is 16.1 Å². The molecule has 2 nitrogen and oxygen atoms in total. The summed E-state index contributed by atoms with van der Waals surface area (Å²) < 4.78 is 12.8. The molecule has 0 bridgehead atoms. The molecule has 0 aliphatic rings. The third kappa shape index (κ3) is 10.7. The van der Waals surface area contributed by atoms with Gasteiger partial charge in [0.05, 0.1) is 0 Å². The van der Waals surface area contributed by atoms with Crippen LogP contribution in [0.2, 0.25) is 26.6 Å². The third-order valence-electron chi connectivity index (χ3n) is 8.48. The van der Waals surface area contributed by atoms with Crippen molar-refractivity contribution in [2.75, 3.05) is 19.0 Å². The van der Waals surface area contributed by atoms with Crippen molar-refractivity contribution in [1.29, 1.82) is 0 Å². The molecule has 1 rings (SSSR count). The molecule has 1 aromatic rings. The van der Waals surface area contributed by atoms with Gasteiger partial charge in [-0.3, -0.25) is 0 Å². The Balaban J connectivity index is 3.80. The predicted octanol–water partition coefficient (Wildman–Crippen LogP) is 9.26. The molecule has 0 amide bonds. The van der Waals surface area contributed by atoms with Crippen LogP contribution in [0.15, 0.2) is 12.1 Å². The van der Waals surface area contributed by atoms with E-state index in [1.54, 1.807) is 17.0 Å². The molecule has 0 spiro atoms. The van der Waals surface area contributed by atoms with Gasteiger partial charge in [0.2, 0.25) is 0 Å². The molecule has 0 radical (unpaired) electrons. The van der Waals surface area contributed by atoms with Crippen LogP contribution < -0.4 is 12.2 Å². The number of anilines is 1. The Morgan fingerprint density at radius 3 is 1.20 bits per heavy atom. The van der Waals surface area contributed by atoms with Gasteiger partial charge in [-0.1, -0.05) is 0 Å². The SMILES string of the molecule is CCC[CH2][Sn]([CH2]CCC)([CH2]CCC)[c]1cc(N(C)C)n[c]([Sn]([CH2]CCC)([CH2]CCC)[CH2]CCC)c1. The van der Waals surface area contributed by atoms with Gasteiger partial charge < -0.3 is 0 Å². The van der Waals surface area contributed by atoms with Crippen molar-refractivity contribution in [3.05, 3.63) is 12.1 Å². The Kier molecular flexibility index (Phi) is 18.0. The van der Waals surface area contributed by atoms with Crippen LogP contribution in [0.3, 0.4) is 0 Å². The molecule has 0 fully saturated rings. The number of hydrogen-bond acceptors (Lipinski definition) is 2. The monoisotopic (exact) mass is 702 g/mol. The normalized spacial score (nSPS) is 12.3. The van der Waals surface area contributed by atoms with E-state index in [1.807, 2.05) is 3.58 Å². The Labute approximate surface area is 229 Å². The van der Waals surface area contributed by atoms with Crippen LogP contribution >= 0.6 is 0 Å². The van der Waals surface area contributed by atoms with Gasteiger partial charge in [-0.05, 0) is 0 Å². The second-order valence-electron chi connectivity index (χ2n) is 11.7. The van der Waals surface area contributed by atoms with E-state index in [9.17, 15) is 0 Å². The van der Waals surface area contributed by atoms with E-state index >= 15 is 0 Å². The molecular formula is C31H62N2Sn2. The first-order chi connectivity index (χ1) is 16.9. The van der Waals surface area contributed by atoms with Crippen molar-refractivity contribution in [2.45, 2.75) is 145 Å². The summed E-state index contributed by atoms with van der Waals surface area (Å²) >= 11 is -5.10. The van der Waals surface area contributed by atoms with Crippen molar-refractivity contribution >= 4 is 49.9 Å². The van der Waals surface area contributed by atoms with E-state index in [1.165, 1.54) is 96.2 Å². The summed E-state index contributed by atoms with van der Waals surface area (Å²) in [6.45, 7) is 14.4. The van der Waals surface area contributed by atoms with Crippen molar-refractivity contribution in [2.24, 2.45) is 0 Å². The van der Waals surface area contributed by atoms with E-state index in [-0.39, 0.29) is 0 Å². The first-order valence-electron chi connectivity index (χ1n) is 15.6. The molecule has 0 unspecified atom stereocenters. The van der Waals surface area contributed by atoms with Gasteiger partial charge in [-0.2, -0.15) is 0 Å². The first kappa shape index (κ1) is 33.6. The van der Waals surface area contributed by atoms with Gasteiger partial charge in [0.25, 0.3) is 0 Å². The Morgan fingerprint density at radius 1 is 0.543 bits per heavy atom. The van der Waals surface area contributed by atoms with Crippen LogP contribution in [-0.4, -0.2) is 55.8 Å². The van der Waals surface area contributed by atoms with Crippen LogP contribution in [-0.2, 0) is 0 Å². The first-order valence-corrected chi connectivity index (χ1v) is 30.5. The summed E-state index contributed by atoms with van der Waals surface area (Å²) in [6.07, 6.45) is 16.6. The van der Waals surface area contributed by atoms with Gasteiger partial charge in [0.15, 0.2) is 0 Å². The van der Waals surface area contributed by atoms with Crippen LogP contribution in [0.1, 0.15) is 119 Å². The molecule has 0 N–H and O–H groups in total. The minimum absolute atomic E-state index is 1.29.